The van der Waals surface area contributed by atoms with Crippen molar-refractivity contribution in [1.82, 2.24) is 0 Å². The Hall–Kier alpha value is -2.03. The quantitative estimate of drug-likeness (QED) is 0.569. The molecule has 0 radical (unpaired) electrons. The van der Waals surface area contributed by atoms with Crippen LogP contribution in [0.25, 0.3) is 11.1 Å². The Morgan fingerprint density at radius 2 is 1.88 bits per heavy atom. The van der Waals surface area contributed by atoms with Crippen LogP contribution in [0.3, 0.4) is 0 Å². The van der Waals surface area contributed by atoms with Crippen LogP contribution in [0.1, 0.15) is 5.56 Å². The molecule has 2 aromatic carbocycles. The van der Waals surface area contributed by atoms with Gasteiger partial charge in [-0.05, 0) is 47.9 Å². The Kier molecular flexibility index (Phi) is 2.52. The van der Waals surface area contributed by atoms with E-state index in [1.807, 2.05) is 6.92 Å². The lowest BCUT2D eigenvalue weighted by atomic mass is 10.00. The maximum Gasteiger partial charge on any atom is 0.139 e. The van der Waals surface area contributed by atoms with Crippen LogP contribution >= 0.6 is 0 Å². The maximum atomic E-state index is 13.1. The van der Waals surface area contributed by atoms with E-state index in [9.17, 15) is 9.50 Å². The zero-order chi connectivity index (χ0) is 11.7. The minimum Gasteiger partial charge on any atom is -0.506 e. The van der Waals surface area contributed by atoms with E-state index < -0.39 is 0 Å². The van der Waals surface area contributed by atoms with Crippen LogP contribution in [0.15, 0.2) is 36.4 Å². The van der Waals surface area contributed by atoms with Crippen molar-refractivity contribution in [1.29, 1.82) is 0 Å². The second-order valence-electron chi connectivity index (χ2n) is 3.73. The molecule has 82 valence electrons. The van der Waals surface area contributed by atoms with E-state index >= 15 is 0 Å². The van der Waals surface area contributed by atoms with Gasteiger partial charge in [0.1, 0.15) is 11.6 Å². The molecule has 0 aromatic heterocycles. The molecule has 0 aliphatic carbocycles. The fourth-order valence-electron chi connectivity index (χ4n) is 1.62. The van der Waals surface area contributed by atoms with Crippen LogP contribution in [0, 0.1) is 12.7 Å². The number of rotatable bonds is 1. The number of nitrogens with two attached hydrogens (primary N) is 1. The Morgan fingerprint density at radius 3 is 2.56 bits per heavy atom. The van der Waals surface area contributed by atoms with Gasteiger partial charge in [-0.3, -0.25) is 0 Å². The summed E-state index contributed by atoms with van der Waals surface area (Å²) in [4.78, 5) is 0. The monoisotopic (exact) mass is 217 g/mol. The number of nitrogen functional groups attached to an aromatic ring is 1. The molecule has 0 fully saturated rings. The molecule has 2 aromatic rings. The summed E-state index contributed by atoms with van der Waals surface area (Å²) in [5.74, 6) is -0.280. The normalized spacial score (nSPS) is 10.4. The number of benzene rings is 2. The van der Waals surface area contributed by atoms with E-state index in [1.165, 1.54) is 18.2 Å². The second-order valence-corrected chi connectivity index (χ2v) is 3.73. The Labute approximate surface area is 93.2 Å². The molecule has 16 heavy (non-hydrogen) atoms. The van der Waals surface area contributed by atoms with Crippen molar-refractivity contribution >= 4 is 5.69 Å². The van der Waals surface area contributed by atoms with Gasteiger partial charge in [-0.15, -0.1) is 0 Å². The van der Waals surface area contributed by atoms with Crippen molar-refractivity contribution in [2.75, 3.05) is 5.73 Å². The summed E-state index contributed by atoms with van der Waals surface area (Å²) in [6.45, 7) is 1.89. The van der Waals surface area contributed by atoms with Crippen LogP contribution in [-0.2, 0) is 0 Å². The average Bonchev–Trinajstić information content (AvgIpc) is 2.26. The molecule has 0 saturated carbocycles. The van der Waals surface area contributed by atoms with E-state index in [0.29, 0.717) is 5.69 Å². The molecule has 0 aliphatic heterocycles. The number of aryl methyl sites for hydroxylation is 1. The molecule has 0 saturated heterocycles. The van der Waals surface area contributed by atoms with E-state index in [-0.39, 0.29) is 11.6 Å². The number of phenolic OH excluding ortho intramolecular Hbond substituents is 1. The molecular weight excluding hydrogens is 205 g/mol. The zero-order valence-corrected chi connectivity index (χ0v) is 8.87. The third-order valence-electron chi connectivity index (χ3n) is 2.54. The first-order valence-electron chi connectivity index (χ1n) is 4.93. The minimum atomic E-state index is -0.295. The number of hydrogen-bond acceptors (Lipinski definition) is 2. The summed E-state index contributed by atoms with van der Waals surface area (Å²) < 4.78 is 13.1. The predicted molar refractivity (Wildman–Crippen MR) is 62.7 cm³/mol. The van der Waals surface area contributed by atoms with Gasteiger partial charge < -0.3 is 10.8 Å². The van der Waals surface area contributed by atoms with Crippen LogP contribution in [0.2, 0.25) is 0 Å². The number of aromatic hydroxyl groups is 1. The highest BCUT2D eigenvalue weighted by Crippen LogP contribution is 2.30. The second kappa shape index (κ2) is 3.85. The van der Waals surface area contributed by atoms with Gasteiger partial charge in [0.2, 0.25) is 0 Å². The molecule has 0 atom stereocenters. The van der Waals surface area contributed by atoms with E-state index in [4.69, 9.17) is 5.73 Å². The smallest absolute Gasteiger partial charge is 0.139 e. The zero-order valence-electron chi connectivity index (χ0n) is 8.87. The average molecular weight is 217 g/mol. The molecule has 0 spiro atoms. The van der Waals surface area contributed by atoms with Gasteiger partial charge in [0.25, 0.3) is 0 Å². The molecule has 3 N–H and O–H groups in total. The largest absolute Gasteiger partial charge is 0.506 e. The summed E-state index contributed by atoms with van der Waals surface area (Å²) in [6, 6.07) is 9.47. The van der Waals surface area contributed by atoms with Crippen molar-refractivity contribution < 1.29 is 9.50 Å². The highest BCUT2D eigenvalue weighted by atomic mass is 19.1. The molecule has 3 heteroatoms. The summed E-state index contributed by atoms with van der Waals surface area (Å²) in [5, 5.41) is 9.50. The Bertz CT molecular complexity index is 537. The lowest BCUT2D eigenvalue weighted by molar-refractivity contribution is 0.478. The Balaban J connectivity index is 2.58. The predicted octanol–water partition coefficient (Wildman–Crippen LogP) is 3.09. The molecule has 0 unspecified atom stereocenters. The Morgan fingerprint density at radius 1 is 1.12 bits per heavy atom. The standard InChI is InChI=1S/C13H12FNO/c1-8-2-4-10(14)7-11(8)9-3-5-12(15)13(16)6-9/h2-7,16H,15H2,1H3. The fraction of sp³-hybridized carbons (Fsp3) is 0.0769. The van der Waals surface area contributed by atoms with Crippen LogP contribution in [0.4, 0.5) is 10.1 Å². The summed E-state index contributed by atoms with van der Waals surface area (Å²) in [6.07, 6.45) is 0. The molecule has 2 nitrogen and oxygen atoms in total. The summed E-state index contributed by atoms with van der Waals surface area (Å²) in [5.41, 5.74) is 8.29. The van der Waals surface area contributed by atoms with Crippen molar-refractivity contribution in [2.45, 2.75) is 6.92 Å². The number of phenols is 1. The van der Waals surface area contributed by atoms with Gasteiger partial charge in [0.15, 0.2) is 0 Å². The number of halogens is 1. The number of anilines is 1. The first-order chi connectivity index (χ1) is 7.58. The summed E-state index contributed by atoms with van der Waals surface area (Å²) in [7, 11) is 0. The van der Waals surface area contributed by atoms with Crippen LogP contribution in [-0.4, -0.2) is 5.11 Å². The van der Waals surface area contributed by atoms with Gasteiger partial charge in [-0.1, -0.05) is 12.1 Å². The van der Waals surface area contributed by atoms with E-state index in [0.717, 1.165) is 16.7 Å². The van der Waals surface area contributed by atoms with Crippen molar-refractivity contribution in [3.63, 3.8) is 0 Å². The van der Waals surface area contributed by atoms with Gasteiger partial charge >= 0.3 is 0 Å². The highest BCUT2D eigenvalue weighted by Gasteiger charge is 2.05. The third-order valence-corrected chi connectivity index (χ3v) is 2.54. The van der Waals surface area contributed by atoms with Crippen molar-refractivity contribution in [2.24, 2.45) is 0 Å². The molecule has 0 bridgehead atoms. The lowest BCUT2D eigenvalue weighted by Gasteiger charge is -2.07. The molecule has 0 heterocycles. The van der Waals surface area contributed by atoms with Gasteiger partial charge in [-0.25, -0.2) is 4.39 Å². The van der Waals surface area contributed by atoms with Crippen LogP contribution in [0.5, 0.6) is 5.75 Å². The minimum absolute atomic E-state index is 0.0150. The first kappa shape index (κ1) is 10.5. The van der Waals surface area contributed by atoms with E-state index in [1.54, 1.807) is 18.2 Å². The van der Waals surface area contributed by atoms with Gasteiger partial charge in [0.05, 0.1) is 5.69 Å². The van der Waals surface area contributed by atoms with E-state index in [2.05, 4.69) is 0 Å². The molecule has 0 amide bonds. The van der Waals surface area contributed by atoms with Crippen molar-refractivity contribution in [3.05, 3.63) is 47.8 Å². The lowest BCUT2D eigenvalue weighted by Crippen LogP contribution is -1.88. The van der Waals surface area contributed by atoms with Gasteiger partial charge in [0, 0.05) is 0 Å². The maximum absolute atomic E-state index is 13.1. The SMILES string of the molecule is Cc1ccc(F)cc1-c1ccc(N)c(O)c1. The van der Waals surface area contributed by atoms with Crippen molar-refractivity contribution in [3.8, 4) is 16.9 Å². The fourth-order valence-corrected chi connectivity index (χ4v) is 1.62. The summed E-state index contributed by atoms with van der Waals surface area (Å²) >= 11 is 0. The molecule has 0 aliphatic rings. The van der Waals surface area contributed by atoms with Gasteiger partial charge in [-0.2, -0.15) is 0 Å². The molecular formula is C13H12FNO. The first-order valence-corrected chi connectivity index (χ1v) is 4.93. The third kappa shape index (κ3) is 1.84. The molecule has 2 rings (SSSR count). The number of hydrogen-bond donors (Lipinski definition) is 2. The highest BCUT2D eigenvalue weighted by molar-refractivity contribution is 5.71. The van der Waals surface area contributed by atoms with Crippen LogP contribution < -0.4 is 5.73 Å². The topological polar surface area (TPSA) is 46.2 Å².